The van der Waals surface area contributed by atoms with E-state index >= 15 is 0 Å². The Morgan fingerprint density at radius 2 is 1.27 bits per heavy atom. The van der Waals surface area contributed by atoms with Crippen LogP contribution < -0.4 is 4.90 Å². The third-order valence-corrected chi connectivity index (χ3v) is 8.83. The Hall–Kier alpha value is -1.99. The van der Waals surface area contributed by atoms with Gasteiger partial charge in [0.05, 0.1) is 5.69 Å². The number of hydrogen-bond donors (Lipinski definition) is 0. The standard InChI is InChI=1S/C22H24NO2P/c1-15-3-5-16(6-4-15)19-11-12-20(26(19)2)17-7-9-18(10-8-17)23-21(24)13-14-22(23)25/h3-10,19-20H,11-14H2,1-2H3. The molecule has 2 aromatic carbocycles. The number of carbonyl (C=O) groups is 2. The topological polar surface area (TPSA) is 37.4 Å². The summed E-state index contributed by atoms with van der Waals surface area (Å²) in [6.45, 7) is 4.55. The molecule has 4 heteroatoms. The predicted molar refractivity (Wildman–Crippen MR) is 107 cm³/mol. The molecule has 134 valence electrons. The summed E-state index contributed by atoms with van der Waals surface area (Å²) in [7, 11) is -0.139. The average Bonchev–Trinajstić information content (AvgIpc) is 3.18. The molecule has 2 aliphatic rings. The van der Waals surface area contributed by atoms with Gasteiger partial charge in [0.15, 0.2) is 0 Å². The highest BCUT2D eigenvalue weighted by Gasteiger charge is 2.35. The molecule has 3 atom stereocenters. The molecule has 0 radical (unpaired) electrons. The van der Waals surface area contributed by atoms with E-state index in [1.54, 1.807) is 0 Å². The van der Waals surface area contributed by atoms with Crippen LogP contribution in [0.2, 0.25) is 0 Å². The van der Waals surface area contributed by atoms with E-state index in [0.29, 0.717) is 24.2 Å². The van der Waals surface area contributed by atoms with Gasteiger partial charge in [0.25, 0.3) is 0 Å². The lowest BCUT2D eigenvalue weighted by molar-refractivity contribution is -0.121. The van der Waals surface area contributed by atoms with Crippen LogP contribution in [0.15, 0.2) is 48.5 Å². The molecule has 3 unspecified atom stereocenters. The lowest BCUT2D eigenvalue weighted by Gasteiger charge is -2.23. The number of hydrogen-bond acceptors (Lipinski definition) is 2. The number of aryl methyl sites for hydroxylation is 1. The third-order valence-electron chi connectivity index (χ3n) is 5.75. The van der Waals surface area contributed by atoms with Crippen molar-refractivity contribution in [3.8, 4) is 0 Å². The van der Waals surface area contributed by atoms with Crippen molar-refractivity contribution in [1.29, 1.82) is 0 Å². The maximum atomic E-state index is 11.9. The molecule has 2 aliphatic heterocycles. The van der Waals surface area contributed by atoms with Crippen LogP contribution in [-0.4, -0.2) is 18.5 Å². The van der Waals surface area contributed by atoms with Crippen LogP contribution in [0.1, 0.15) is 53.7 Å². The molecule has 0 spiro atoms. The van der Waals surface area contributed by atoms with Crippen molar-refractivity contribution in [2.24, 2.45) is 0 Å². The van der Waals surface area contributed by atoms with Crippen molar-refractivity contribution in [2.45, 2.75) is 43.9 Å². The maximum absolute atomic E-state index is 11.9. The summed E-state index contributed by atoms with van der Waals surface area (Å²) in [6, 6.07) is 17.1. The number of anilines is 1. The van der Waals surface area contributed by atoms with Gasteiger partial charge < -0.3 is 0 Å². The molecule has 2 heterocycles. The van der Waals surface area contributed by atoms with E-state index in [9.17, 15) is 9.59 Å². The molecule has 4 rings (SSSR count). The predicted octanol–water partition coefficient (Wildman–Crippen LogP) is 5.34. The maximum Gasteiger partial charge on any atom is 0.234 e. The normalized spacial score (nSPS) is 25.9. The zero-order valence-corrected chi connectivity index (χ0v) is 16.2. The van der Waals surface area contributed by atoms with E-state index < -0.39 is 0 Å². The summed E-state index contributed by atoms with van der Waals surface area (Å²) in [4.78, 5) is 25.2. The molecule has 0 aromatic heterocycles. The van der Waals surface area contributed by atoms with E-state index in [1.807, 2.05) is 12.1 Å². The molecular weight excluding hydrogens is 341 g/mol. The van der Waals surface area contributed by atoms with Crippen molar-refractivity contribution >= 4 is 25.4 Å². The van der Waals surface area contributed by atoms with E-state index in [2.05, 4.69) is 50.0 Å². The van der Waals surface area contributed by atoms with Gasteiger partial charge in [-0.3, -0.25) is 14.5 Å². The van der Waals surface area contributed by atoms with Gasteiger partial charge in [-0.25, -0.2) is 0 Å². The second kappa shape index (κ2) is 6.96. The number of imide groups is 1. The number of carbonyl (C=O) groups excluding carboxylic acids is 2. The van der Waals surface area contributed by atoms with Gasteiger partial charge in [-0.05, 0) is 49.7 Å². The van der Waals surface area contributed by atoms with Gasteiger partial charge in [0.2, 0.25) is 11.8 Å². The molecule has 2 aromatic rings. The van der Waals surface area contributed by atoms with Gasteiger partial charge in [0, 0.05) is 24.2 Å². The molecule has 0 bridgehead atoms. The molecule has 2 amide bonds. The van der Waals surface area contributed by atoms with Gasteiger partial charge in [0.1, 0.15) is 0 Å². The van der Waals surface area contributed by atoms with Crippen LogP contribution in [0, 0.1) is 6.92 Å². The van der Waals surface area contributed by atoms with Crippen molar-refractivity contribution in [3.63, 3.8) is 0 Å². The van der Waals surface area contributed by atoms with E-state index in [-0.39, 0.29) is 19.7 Å². The summed E-state index contributed by atoms with van der Waals surface area (Å²) in [6.07, 6.45) is 3.12. The van der Waals surface area contributed by atoms with Gasteiger partial charge in [-0.1, -0.05) is 49.9 Å². The van der Waals surface area contributed by atoms with Crippen molar-refractivity contribution < 1.29 is 9.59 Å². The highest BCUT2D eigenvalue weighted by atomic mass is 31.1. The van der Waals surface area contributed by atoms with Gasteiger partial charge >= 0.3 is 0 Å². The van der Waals surface area contributed by atoms with Crippen molar-refractivity contribution in [1.82, 2.24) is 0 Å². The fraction of sp³-hybridized carbons (Fsp3) is 0.364. The fourth-order valence-electron chi connectivity index (χ4n) is 4.24. The first-order valence-corrected chi connectivity index (χ1v) is 11.2. The zero-order valence-electron chi connectivity index (χ0n) is 15.3. The molecule has 2 fully saturated rings. The first-order valence-electron chi connectivity index (χ1n) is 9.29. The molecule has 0 saturated carbocycles. The minimum absolute atomic E-state index is 0.0826. The lowest BCUT2D eigenvalue weighted by atomic mass is 10.0. The van der Waals surface area contributed by atoms with Crippen LogP contribution in [0.4, 0.5) is 5.69 Å². The summed E-state index contributed by atoms with van der Waals surface area (Å²) in [5, 5.41) is 0. The van der Waals surface area contributed by atoms with Gasteiger partial charge in [-0.2, -0.15) is 0 Å². The van der Waals surface area contributed by atoms with Gasteiger partial charge in [-0.15, -0.1) is 0 Å². The minimum Gasteiger partial charge on any atom is -0.274 e. The Labute approximate surface area is 156 Å². The van der Waals surface area contributed by atoms with E-state index in [4.69, 9.17) is 0 Å². The Bertz CT molecular complexity index is 812. The number of benzene rings is 2. The average molecular weight is 365 g/mol. The monoisotopic (exact) mass is 365 g/mol. The molecular formula is C22H24NO2P. The highest BCUT2D eigenvalue weighted by Crippen LogP contribution is 2.68. The smallest absolute Gasteiger partial charge is 0.234 e. The fourth-order valence-corrected chi connectivity index (χ4v) is 7.07. The van der Waals surface area contributed by atoms with Crippen LogP contribution in [0.5, 0.6) is 0 Å². The molecule has 0 N–H and O–H groups in total. The summed E-state index contributed by atoms with van der Waals surface area (Å²) < 4.78 is 0. The highest BCUT2D eigenvalue weighted by molar-refractivity contribution is 7.58. The molecule has 3 nitrogen and oxygen atoms in total. The Morgan fingerprint density at radius 3 is 1.77 bits per heavy atom. The van der Waals surface area contributed by atoms with Crippen LogP contribution >= 0.6 is 7.92 Å². The quantitative estimate of drug-likeness (QED) is 0.544. The first-order chi connectivity index (χ1) is 12.5. The van der Waals surface area contributed by atoms with E-state index in [1.165, 1.54) is 34.4 Å². The summed E-state index contributed by atoms with van der Waals surface area (Å²) in [5.74, 6) is -0.165. The van der Waals surface area contributed by atoms with Crippen molar-refractivity contribution in [3.05, 3.63) is 65.2 Å². The van der Waals surface area contributed by atoms with E-state index in [0.717, 1.165) is 5.69 Å². The molecule has 2 saturated heterocycles. The Kier molecular flexibility index (Phi) is 4.67. The Morgan fingerprint density at radius 1 is 0.808 bits per heavy atom. The largest absolute Gasteiger partial charge is 0.274 e. The molecule has 0 aliphatic carbocycles. The Balaban J connectivity index is 1.52. The summed E-state index contributed by atoms with van der Waals surface area (Å²) in [5.41, 5.74) is 6.10. The second-order valence-corrected chi connectivity index (χ2v) is 9.98. The molecule has 26 heavy (non-hydrogen) atoms. The second-order valence-electron chi connectivity index (χ2n) is 7.40. The number of amides is 2. The SMILES string of the molecule is Cc1ccc(C2CCC(c3ccc(N4C(=O)CCC4=O)cc3)P2C)cc1. The van der Waals surface area contributed by atoms with Crippen LogP contribution in [0.3, 0.4) is 0 Å². The van der Waals surface area contributed by atoms with Crippen molar-refractivity contribution in [2.75, 3.05) is 11.6 Å². The number of rotatable bonds is 3. The number of nitrogens with zero attached hydrogens (tertiary/aromatic N) is 1. The third kappa shape index (κ3) is 3.10. The van der Waals surface area contributed by atoms with Crippen LogP contribution in [0.25, 0.3) is 0 Å². The minimum atomic E-state index is -0.139. The van der Waals surface area contributed by atoms with Crippen LogP contribution in [-0.2, 0) is 9.59 Å². The summed E-state index contributed by atoms with van der Waals surface area (Å²) >= 11 is 0. The zero-order chi connectivity index (χ0) is 18.3. The first kappa shape index (κ1) is 17.4. The lowest BCUT2D eigenvalue weighted by Crippen LogP contribution is -2.28.